The molecule has 0 rings (SSSR count). The lowest BCUT2D eigenvalue weighted by atomic mass is 9.99. The van der Waals surface area contributed by atoms with Crippen LogP contribution in [0.5, 0.6) is 0 Å². The van der Waals surface area contributed by atoms with Gasteiger partial charge in [-0.25, -0.2) is 0 Å². The van der Waals surface area contributed by atoms with Gasteiger partial charge in [-0.3, -0.25) is 0 Å². The Balaban J connectivity index is 0. The topological polar surface area (TPSA) is 26.0 Å². The number of rotatable bonds is 2. The van der Waals surface area contributed by atoms with E-state index in [0.717, 1.165) is 12.5 Å². The summed E-state index contributed by atoms with van der Waals surface area (Å²) >= 11 is 0. The molecule has 0 heterocycles. The average molecular weight is 117 g/mol. The van der Waals surface area contributed by atoms with E-state index in [9.17, 15) is 0 Å². The minimum absolute atomic E-state index is 0. The molecule has 0 aliphatic heterocycles. The van der Waals surface area contributed by atoms with Gasteiger partial charge in [-0.2, -0.15) is 0 Å². The first-order valence-electron chi connectivity index (χ1n) is 2.88. The summed E-state index contributed by atoms with van der Waals surface area (Å²) < 4.78 is 0. The maximum Gasteiger partial charge on any atom is -0.00491 e. The van der Waals surface area contributed by atoms with Crippen molar-refractivity contribution in [2.24, 2.45) is 17.6 Å². The van der Waals surface area contributed by atoms with Crippen molar-refractivity contribution in [1.82, 2.24) is 0 Å². The molecular formula is C7H19N. The molecule has 0 aromatic rings. The van der Waals surface area contributed by atoms with Crippen molar-refractivity contribution in [3.63, 3.8) is 0 Å². The Labute approximate surface area is 53.3 Å². The Kier molecular flexibility index (Phi) is 6.93. The van der Waals surface area contributed by atoms with E-state index in [1.54, 1.807) is 0 Å². The van der Waals surface area contributed by atoms with E-state index >= 15 is 0 Å². The molecule has 0 radical (unpaired) electrons. The second-order valence-corrected chi connectivity index (χ2v) is 2.46. The maximum absolute atomic E-state index is 5.37. The van der Waals surface area contributed by atoms with Crippen molar-refractivity contribution in [2.45, 2.75) is 28.2 Å². The molecule has 0 amide bonds. The monoisotopic (exact) mass is 117 g/mol. The summed E-state index contributed by atoms with van der Waals surface area (Å²) in [7, 11) is 0. The highest BCUT2D eigenvalue weighted by Gasteiger charge is 2.01. The van der Waals surface area contributed by atoms with Crippen LogP contribution in [0.15, 0.2) is 0 Å². The molecule has 2 N–H and O–H groups in total. The van der Waals surface area contributed by atoms with Gasteiger partial charge >= 0.3 is 0 Å². The normalized spacial score (nSPS) is 13.1. The summed E-state index contributed by atoms with van der Waals surface area (Å²) in [6, 6.07) is 0. The third kappa shape index (κ3) is 4.13. The third-order valence-corrected chi connectivity index (χ3v) is 1.51. The summed E-state index contributed by atoms with van der Waals surface area (Å²) in [5.41, 5.74) is 5.37. The first kappa shape index (κ1) is 10.9. The van der Waals surface area contributed by atoms with Gasteiger partial charge in [-0.15, -0.1) is 0 Å². The fourth-order valence-corrected chi connectivity index (χ4v) is 0.272. The summed E-state index contributed by atoms with van der Waals surface area (Å²) in [5, 5.41) is 0. The highest BCUT2D eigenvalue weighted by molar-refractivity contribution is 4.55. The van der Waals surface area contributed by atoms with Crippen molar-refractivity contribution in [3.05, 3.63) is 0 Å². The molecule has 52 valence electrons. The number of hydrogen-bond donors (Lipinski definition) is 1. The molecule has 0 fully saturated rings. The van der Waals surface area contributed by atoms with Gasteiger partial charge in [0.2, 0.25) is 0 Å². The van der Waals surface area contributed by atoms with Gasteiger partial charge in [0.1, 0.15) is 0 Å². The van der Waals surface area contributed by atoms with Gasteiger partial charge in [-0.1, -0.05) is 28.2 Å². The Morgan fingerprint density at radius 3 is 1.62 bits per heavy atom. The maximum atomic E-state index is 5.37. The van der Waals surface area contributed by atoms with E-state index in [2.05, 4.69) is 20.8 Å². The van der Waals surface area contributed by atoms with Crippen molar-refractivity contribution in [2.75, 3.05) is 6.54 Å². The summed E-state index contributed by atoms with van der Waals surface area (Å²) in [6.45, 7) is 7.37. The predicted molar refractivity (Wildman–Crippen MR) is 39.8 cm³/mol. The Morgan fingerprint density at radius 2 is 1.62 bits per heavy atom. The van der Waals surface area contributed by atoms with Crippen LogP contribution in [0.2, 0.25) is 0 Å². The van der Waals surface area contributed by atoms with Crippen LogP contribution in [0.4, 0.5) is 0 Å². The van der Waals surface area contributed by atoms with Crippen LogP contribution in [-0.4, -0.2) is 6.54 Å². The van der Waals surface area contributed by atoms with E-state index in [-0.39, 0.29) is 7.43 Å². The summed E-state index contributed by atoms with van der Waals surface area (Å²) in [6.07, 6.45) is 0. The predicted octanol–water partition coefficient (Wildman–Crippen LogP) is 1.87. The molecule has 1 atom stereocenters. The summed E-state index contributed by atoms with van der Waals surface area (Å²) in [4.78, 5) is 0. The molecule has 0 aliphatic carbocycles. The van der Waals surface area contributed by atoms with Crippen molar-refractivity contribution < 1.29 is 0 Å². The zero-order valence-electron chi connectivity index (χ0n) is 5.44. The average Bonchev–Trinajstić information content (AvgIpc) is 1.65. The summed E-state index contributed by atoms with van der Waals surface area (Å²) in [5.74, 6) is 1.42. The minimum atomic E-state index is 0. The smallest absolute Gasteiger partial charge is 0.00491 e. The van der Waals surface area contributed by atoms with Crippen LogP contribution in [0.3, 0.4) is 0 Å². The van der Waals surface area contributed by atoms with E-state index in [1.807, 2.05) is 0 Å². The second-order valence-electron chi connectivity index (χ2n) is 2.46. The van der Waals surface area contributed by atoms with E-state index in [1.165, 1.54) is 0 Å². The van der Waals surface area contributed by atoms with Crippen LogP contribution >= 0.6 is 0 Å². The fraction of sp³-hybridized carbons (Fsp3) is 1.00. The number of nitrogens with two attached hydrogens (primary N) is 1. The molecule has 0 aromatic carbocycles. The highest BCUT2D eigenvalue weighted by atomic mass is 14.5. The number of hydrogen-bond acceptors (Lipinski definition) is 1. The lowest BCUT2D eigenvalue weighted by Crippen LogP contribution is -2.15. The van der Waals surface area contributed by atoms with Crippen LogP contribution in [0.1, 0.15) is 28.2 Å². The van der Waals surface area contributed by atoms with Crippen molar-refractivity contribution in [1.29, 1.82) is 0 Å². The first-order valence-corrected chi connectivity index (χ1v) is 2.88. The SMILES string of the molecule is C.CC(C)C(C)CN. The Bertz CT molecular complexity index is 41.7. The van der Waals surface area contributed by atoms with Gasteiger partial charge in [0.05, 0.1) is 0 Å². The zero-order chi connectivity index (χ0) is 5.86. The standard InChI is InChI=1S/C6H15N.CH4/c1-5(2)6(3)4-7;/h5-6H,4,7H2,1-3H3;1H4. The van der Waals surface area contributed by atoms with Crippen LogP contribution in [0.25, 0.3) is 0 Å². The molecule has 0 bridgehead atoms. The van der Waals surface area contributed by atoms with E-state index in [0.29, 0.717) is 5.92 Å². The highest BCUT2D eigenvalue weighted by Crippen LogP contribution is 2.05. The van der Waals surface area contributed by atoms with Gasteiger partial charge in [0.15, 0.2) is 0 Å². The van der Waals surface area contributed by atoms with Crippen molar-refractivity contribution >= 4 is 0 Å². The quantitative estimate of drug-likeness (QED) is 0.587. The molecule has 0 saturated heterocycles. The molecule has 1 unspecified atom stereocenters. The minimum Gasteiger partial charge on any atom is -0.330 e. The van der Waals surface area contributed by atoms with Gasteiger partial charge in [-0.05, 0) is 18.4 Å². The molecular weight excluding hydrogens is 98.1 g/mol. The molecule has 8 heavy (non-hydrogen) atoms. The first-order chi connectivity index (χ1) is 3.18. The molecule has 0 aromatic heterocycles. The van der Waals surface area contributed by atoms with Crippen LogP contribution in [0, 0.1) is 11.8 Å². The van der Waals surface area contributed by atoms with Gasteiger partial charge in [0.25, 0.3) is 0 Å². The third-order valence-electron chi connectivity index (χ3n) is 1.51. The van der Waals surface area contributed by atoms with E-state index in [4.69, 9.17) is 5.73 Å². The molecule has 0 saturated carbocycles. The van der Waals surface area contributed by atoms with Crippen LogP contribution in [-0.2, 0) is 0 Å². The Hall–Kier alpha value is -0.0400. The van der Waals surface area contributed by atoms with Crippen LogP contribution < -0.4 is 5.73 Å². The lowest BCUT2D eigenvalue weighted by Gasteiger charge is -2.10. The van der Waals surface area contributed by atoms with E-state index < -0.39 is 0 Å². The lowest BCUT2D eigenvalue weighted by molar-refractivity contribution is 0.429. The molecule has 0 aliphatic rings. The van der Waals surface area contributed by atoms with Gasteiger partial charge in [0, 0.05) is 0 Å². The largest absolute Gasteiger partial charge is 0.330 e. The zero-order valence-corrected chi connectivity index (χ0v) is 5.44. The van der Waals surface area contributed by atoms with Crippen molar-refractivity contribution in [3.8, 4) is 0 Å². The van der Waals surface area contributed by atoms with Gasteiger partial charge < -0.3 is 5.73 Å². The molecule has 0 spiro atoms. The molecule has 1 heteroatoms. The second kappa shape index (κ2) is 5.10. The fourth-order valence-electron chi connectivity index (χ4n) is 0.272. The molecule has 1 nitrogen and oxygen atoms in total. The Morgan fingerprint density at radius 1 is 1.25 bits per heavy atom.